The molecule has 0 heterocycles. The highest BCUT2D eigenvalue weighted by Crippen LogP contribution is 2.10. The van der Waals surface area contributed by atoms with Gasteiger partial charge in [0.05, 0.1) is 0 Å². The van der Waals surface area contributed by atoms with Crippen LogP contribution in [0.2, 0.25) is 0 Å². The van der Waals surface area contributed by atoms with Crippen molar-refractivity contribution in [3.8, 4) is 0 Å². The van der Waals surface area contributed by atoms with Gasteiger partial charge < -0.3 is 15.5 Å². The predicted molar refractivity (Wildman–Crippen MR) is 83.7 cm³/mol. The van der Waals surface area contributed by atoms with Crippen LogP contribution in [0.25, 0.3) is 0 Å². The monoisotopic (exact) mass is 262 g/mol. The van der Waals surface area contributed by atoms with Gasteiger partial charge >= 0.3 is 0 Å². The first-order valence-corrected chi connectivity index (χ1v) is 7.00. The Morgan fingerprint density at radius 3 is 2.37 bits per heavy atom. The highest BCUT2D eigenvalue weighted by atomic mass is 15.2. The number of aliphatic imine (C=N–C) groups is 1. The van der Waals surface area contributed by atoms with E-state index in [1.807, 2.05) is 6.07 Å². The third-order valence-corrected chi connectivity index (χ3v) is 3.21. The van der Waals surface area contributed by atoms with Gasteiger partial charge in [-0.25, -0.2) is 0 Å². The normalized spacial score (nSPS) is 11.4. The van der Waals surface area contributed by atoms with Crippen LogP contribution < -0.4 is 10.6 Å². The van der Waals surface area contributed by atoms with Crippen LogP contribution in [0.4, 0.5) is 5.69 Å². The van der Waals surface area contributed by atoms with Gasteiger partial charge in [-0.1, -0.05) is 18.2 Å². The van der Waals surface area contributed by atoms with Crippen molar-refractivity contribution in [3.05, 3.63) is 30.3 Å². The molecule has 0 saturated heterocycles. The Labute approximate surface area is 116 Å². The van der Waals surface area contributed by atoms with Crippen molar-refractivity contribution in [1.82, 2.24) is 4.90 Å². The van der Waals surface area contributed by atoms with Crippen LogP contribution in [-0.4, -0.2) is 44.1 Å². The van der Waals surface area contributed by atoms with Crippen LogP contribution in [0, 0.1) is 0 Å². The third kappa shape index (κ3) is 5.20. The first-order chi connectivity index (χ1) is 9.19. The van der Waals surface area contributed by atoms with Crippen LogP contribution in [0.5, 0.6) is 0 Å². The lowest BCUT2D eigenvalue weighted by molar-refractivity contribution is 0.458. The highest BCUT2D eigenvalue weighted by Gasteiger charge is 2.02. The molecule has 0 bridgehead atoms. The van der Waals surface area contributed by atoms with Crippen LogP contribution >= 0.6 is 0 Å². The summed E-state index contributed by atoms with van der Waals surface area (Å²) in [6.07, 6.45) is 1.01. The van der Waals surface area contributed by atoms with Gasteiger partial charge in [-0.05, 0) is 32.4 Å². The summed E-state index contributed by atoms with van der Waals surface area (Å²) in [7, 11) is 2.10. The molecule has 0 fully saturated rings. The molecule has 106 valence electrons. The molecular weight excluding hydrogens is 236 g/mol. The standard InChI is InChI=1S/C15H26N4/c1-4-19(5-2)15(16)17-12-9-13-18(3)14-10-7-6-8-11-14/h6-8,10-11H,4-5,9,12-13H2,1-3H3,(H2,16,17). The Kier molecular flexibility index (Phi) is 6.79. The van der Waals surface area contributed by atoms with E-state index in [9.17, 15) is 0 Å². The summed E-state index contributed by atoms with van der Waals surface area (Å²) in [5, 5.41) is 0. The molecular formula is C15H26N4. The molecule has 0 aliphatic carbocycles. The first kappa shape index (κ1) is 15.3. The maximum absolute atomic E-state index is 5.93. The van der Waals surface area contributed by atoms with E-state index in [4.69, 9.17) is 5.73 Å². The van der Waals surface area contributed by atoms with E-state index in [1.54, 1.807) is 0 Å². The summed E-state index contributed by atoms with van der Waals surface area (Å²) >= 11 is 0. The minimum absolute atomic E-state index is 0.660. The number of nitrogens with two attached hydrogens (primary N) is 1. The number of hydrogen-bond acceptors (Lipinski definition) is 2. The fourth-order valence-corrected chi connectivity index (χ4v) is 1.96. The maximum Gasteiger partial charge on any atom is 0.191 e. The van der Waals surface area contributed by atoms with E-state index < -0.39 is 0 Å². The molecule has 1 rings (SSSR count). The van der Waals surface area contributed by atoms with E-state index in [-0.39, 0.29) is 0 Å². The van der Waals surface area contributed by atoms with Crippen LogP contribution in [0.15, 0.2) is 35.3 Å². The molecule has 0 amide bonds. The topological polar surface area (TPSA) is 44.9 Å². The second kappa shape index (κ2) is 8.40. The average Bonchev–Trinajstić information content (AvgIpc) is 2.45. The van der Waals surface area contributed by atoms with Crippen molar-refractivity contribution < 1.29 is 0 Å². The Hall–Kier alpha value is -1.71. The number of benzene rings is 1. The van der Waals surface area contributed by atoms with Crippen molar-refractivity contribution in [2.24, 2.45) is 10.7 Å². The van der Waals surface area contributed by atoms with Crippen LogP contribution in [0.3, 0.4) is 0 Å². The van der Waals surface area contributed by atoms with Crippen molar-refractivity contribution in [3.63, 3.8) is 0 Å². The maximum atomic E-state index is 5.93. The largest absolute Gasteiger partial charge is 0.375 e. The van der Waals surface area contributed by atoms with Gasteiger partial charge in [0.2, 0.25) is 0 Å². The quantitative estimate of drug-likeness (QED) is 0.465. The van der Waals surface area contributed by atoms with Gasteiger partial charge in [0.25, 0.3) is 0 Å². The zero-order chi connectivity index (χ0) is 14.1. The number of guanidine groups is 1. The fraction of sp³-hybridized carbons (Fsp3) is 0.533. The van der Waals surface area contributed by atoms with Crippen molar-refractivity contribution >= 4 is 11.6 Å². The Bertz CT molecular complexity index is 371. The van der Waals surface area contributed by atoms with Gasteiger partial charge in [0.1, 0.15) is 0 Å². The minimum atomic E-state index is 0.660. The summed E-state index contributed by atoms with van der Waals surface area (Å²) in [6, 6.07) is 10.4. The number of rotatable bonds is 7. The molecule has 4 nitrogen and oxygen atoms in total. The smallest absolute Gasteiger partial charge is 0.191 e. The van der Waals surface area contributed by atoms with Crippen LogP contribution in [-0.2, 0) is 0 Å². The SMILES string of the molecule is CCN(CC)C(N)=NCCCN(C)c1ccccc1. The number of para-hydroxylation sites is 1. The molecule has 0 saturated carbocycles. The average molecular weight is 262 g/mol. The van der Waals surface area contributed by atoms with Gasteiger partial charge in [0.15, 0.2) is 5.96 Å². The zero-order valence-electron chi connectivity index (χ0n) is 12.3. The van der Waals surface area contributed by atoms with E-state index in [0.29, 0.717) is 5.96 Å². The molecule has 4 heteroatoms. The van der Waals surface area contributed by atoms with Crippen molar-refractivity contribution in [2.45, 2.75) is 20.3 Å². The van der Waals surface area contributed by atoms with E-state index in [2.05, 4.69) is 60.0 Å². The molecule has 0 unspecified atom stereocenters. The highest BCUT2D eigenvalue weighted by molar-refractivity contribution is 5.77. The van der Waals surface area contributed by atoms with Crippen molar-refractivity contribution in [2.75, 3.05) is 38.1 Å². The summed E-state index contributed by atoms with van der Waals surface area (Å²) in [4.78, 5) is 8.74. The molecule has 1 aromatic rings. The first-order valence-electron chi connectivity index (χ1n) is 7.00. The number of anilines is 1. The van der Waals surface area contributed by atoms with Gasteiger partial charge in [-0.3, -0.25) is 4.99 Å². The molecule has 0 spiro atoms. The molecule has 0 aromatic heterocycles. The van der Waals surface area contributed by atoms with E-state index in [0.717, 1.165) is 32.6 Å². The molecule has 0 aliphatic rings. The van der Waals surface area contributed by atoms with E-state index >= 15 is 0 Å². The lowest BCUT2D eigenvalue weighted by Crippen LogP contribution is -2.37. The lowest BCUT2D eigenvalue weighted by atomic mass is 10.3. The molecule has 2 N–H and O–H groups in total. The van der Waals surface area contributed by atoms with Gasteiger partial charge in [-0.2, -0.15) is 0 Å². The fourth-order valence-electron chi connectivity index (χ4n) is 1.96. The van der Waals surface area contributed by atoms with E-state index in [1.165, 1.54) is 5.69 Å². The summed E-state index contributed by atoms with van der Waals surface area (Å²) < 4.78 is 0. The zero-order valence-corrected chi connectivity index (χ0v) is 12.3. The van der Waals surface area contributed by atoms with Crippen LogP contribution in [0.1, 0.15) is 20.3 Å². The Morgan fingerprint density at radius 2 is 1.79 bits per heavy atom. The predicted octanol–water partition coefficient (Wildman–Crippen LogP) is 2.17. The Morgan fingerprint density at radius 1 is 1.16 bits per heavy atom. The summed E-state index contributed by atoms with van der Waals surface area (Å²) in [6.45, 7) is 7.77. The van der Waals surface area contributed by atoms with Gasteiger partial charge in [-0.15, -0.1) is 0 Å². The number of nitrogens with zero attached hydrogens (tertiary/aromatic N) is 3. The minimum Gasteiger partial charge on any atom is -0.375 e. The molecule has 1 aromatic carbocycles. The summed E-state index contributed by atoms with van der Waals surface area (Å²) in [5.74, 6) is 0.660. The molecule has 0 atom stereocenters. The second-order valence-electron chi connectivity index (χ2n) is 4.52. The lowest BCUT2D eigenvalue weighted by Gasteiger charge is -2.20. The van der Waals surface area contributed by atoms with Gasteiger partial charge in [0, 0.05) is 38.9 Å². The summed E-state index contributed by atoms with van der Waals surface area (Å²) in [5.41, 5.74) is 7.17. The third-order valence-electron chi connectivity index (χ3n) is 3.21. The Balaban J connectivity index is 2.33. The molecule has 19 heavy (non-hydrogen) atoms. The second-order valence-corrected chi connectivity index (χ2v) is 4.52. The molecule has 0 aliphatic heterocycles. The van der Waals surface area contributed by atoms with Crippen molar-refractivity contribution in [1.29, 1.82) is 0 Å². The molecule has 0 radical (unpaired) electrons. The number of hydrogen-bond donors (Lipinski definition) is 1.